The molecule has 1 rings (SSSR count). The van der Waals surface area contributed by atoms with Crippen LogP contribution >= 0.6 is 0 Å². The number of nitrogens with zero attached hydrogens (tertiary/aromatic N) is 3. The van der Waals surface area contributed by atoms with Gasteiger partial charge in [0.1, 0.15) is 5.54 Å². The molecular weight excluding hydrogens is 212 g/mol. The summed E-state index contributed by atoms with van der Waals surface area (Å²) in [6, 6.07) is 3.00. The fourth-order valence-electron chi connectivity index (χ4n) is 2.60. The SMILES string of the molecule is CNC1(C#N)CCC(N(C)CCCN(C)C)C1. The Morgan fingerprint density at radius 2 is 2.06 bits per heavy atom. The van der Waals surface area contributed by atoms with Gasteiger partial charge in [0.25, 0.3) is 0 Å². The molecule has 0 radical (unpaired) electrons. The second-order valence-corrected chi connectivity index (χ2v) is 5.48. The van der Waals surface area contributed by atoms with E-state index in [0.29, 0.717) is 6.04 Å². The van der Waals surface area contributed by atoms with Crippen LogP contribution in [0.2, 0.25) is 0 Å². The standard InChI is InChI=1S/C13H26N4/c1-15-13(11-14)7-6-12(10-13)17(4)9-5-8-16(2)3/h12,15H,5-10H2,1-4H3. The van der Waals surface area contributed by atoms with E-state index in [1.54, 1.807) is 0 Å². The van der Waals surface area contributed by atoms with Crippen molar-refractivity contribution in [2.75, 3.05) is 41.3 Å². The van der Waals surface area contributed by atoms with Crippen LogP contribution in [0.25, 0.3) is 0 Å². The van der Waals surface area contributed by atoms with E-state index in [1.165, 1.54) is 6.42 Å². The number of nitrogens with one attached hydrogen (secondary N) is 1. The van der Waals surface area contributed by atoms with Gasteiger partial charge in [0.2, 0.25) is 0 Å². The van der Waals surface area contributed by atoms with E-state index in [9.17, 15) is 5.26 Å². The lowest BCUT2D eigenvalue weighted by Crippen LogP contribution is -2.41. The van der Waals surface area contributed by atoms with E-state index in [0.717, 1.165) is 32.4 Å². The summed E-state index contributed by atoms with van der Waals surface area (Å²) in [5, 5.41) is 12.4. The fourth-order valence-corrected chi connectivity index (χ4v) is 2.60. The topological polar surface area (TPSA) is 42.3 Å². The van der Waals surface area contributed by atoms with Crippen molar-refractivity contribution in [2.24, 2.45) is 0 Å². The Labute approximate surface area is 106 Å². The van der Waals surface area contributed by atoms with Gasteiger partial charge in [0.15, 0.2) is 0 Å². The molecule has 1 fully saturated rings. The maximum Gasteiger partial charge on any atom is 0.108 e. The highest BCUT2D eigenvalue weighted by Crippen LogP contribution is 2.31. The Hall–Kier alpha value is -0.630. The van der Waals surface area contributed by atoms with Gasteiger partial charge < -0.3 is 15.1 Å². The highest BCUT2D eigenvalue weighted by Gasteiger charge is 2.39. The summed E-state index contributed by atoms with van der Waals surface area (Å²) in [7, 11) is 8.30. The first-order chi connectivity index (χ1) is 8.03. The monoisotopic (exact) mass is 238 g/mol. The zero-order valence-corrected chi connectivity index (χ0v) is 11.7. The van der Waals surface area contributed by atoms with Crippen LogP contribution in [-0.4, -0.2) is 62.7 Å². The van der Waals surface area contributed by atoms with Gasteiger partial charge in [-0.25, -0.2) is 0 Å². The second-order valence-electron chi connectivity index (χ2n) is 5.48. The first-order valence-corrected chi connectivity index (χ1v) is 6.48. The summed E-state index contributed by atoms with van der Waals surface area (Å²) in [6.45, 7) is 2.25. The molecule has 2 unspecified atom stereocenters. The van der Waals surface area contributed by atoms with Gasteiger partial charge in [-0.1, -0.05) is 0 Å². The van der Waals surface area contributed by atoms with Crippen LogP contribution in [-0.2, 0) is 0 Å². The molecule has 0 saturated heterocycles. The first kappa shape index (κ1) is 14.4. The van der Waals surface area contributed by atoms with Crippen LogP contribution in [0, 0.1) is 11.3 Å². The summed E-state index contributed by atoms with van der Waals surface area (Å²) in [4.78, 5) is 4.63. The Morgan fingerprint density at radius 1 is 1.35 bits per heavy atom. The third-order valence-electron chi connectivity index (χ3n) is 3.92. The minimum atomic E-state index is -0.277. The quantitative estimate of drug-likeness (QED) is 0.747. The van der Waals surface area contributed by atoms with E-state index in [2.05, 4.69) is 42.3 Å². The molecule has 0 bridgehead atoms. The summed E-state index contributed by atoms with van der Waals surface area (Å²) in [6.07, 6.45) is 4.26. The molecule has 0 heterocycles. The molecule has 0 aromatic heterocycles. The van der Waals surface area contributed by atoms with Crippen LogP contribution in [0.3, 0.4) is 0 Å². The largest absolute Gasteiger partial charge is 0.309 e. The average molecular weight is 238 g/mol. The highest BCUT2D eigenvalue weighted by atomic mass is 15.2. The maximum absolute atomic E-state index is 9.23. The van der Waals surface area contributed by atoms with Gasteiger partial charge in [-0.05, 0) is 67.0 Å². The zero-order chi connectivity index (χ0) is 12.9. The first-order valence-electron chi connectivity index (χ1n) is 6.48. The third kappa shape index (κ3) is 3.95. The maximum atomic E-state index is 9.23. The van der Waals surface area contributed by atoms with Crippen molar-refractivity contribution in [2.45, 2.75) is 37.3 Å². The van der Waals surface area contributed by atoms with Crippen molar-refractivity contribution >= 4 is 0 Å². The number of nitriles is 1. The van der Waals surface area contributed by atoms with Gasteiger partial charge in [0, 0.05) is 6.04 Å². The minimum absolute atomic E-state index is 0.277. The van der Waals surface area contributed by atoms with E-state index in [-0.39, 0.29) is 5.54 Å². The molecule has 1 N–H and O–H groups in total. The predicted octanol–water partition coefficient (Wildman–Crippen LogP) is 0.904. The summed E-state index contributed by atoms with van der Waals surface area (Å²) in [5.41, 5.74) is -0.277. The average Bonchev–Trinajstić information content (AvgIpc) is 2.73. The number of hydrogen-bond acceptors (Lipinski definition) is 4. The molecule has 2 atom stereocenters. The molecule has 1 aliphatic rings. The van der Waals surface area contributed by atoms with Gasteiger partial charge in [-0.2, -0.15) is 5.26 Å². The molecular formula is C13H26N4. The fraction of sp³-hybridized carbons (Fsp3) is 0.923. The Kier molecular flexibility index (Phi) is 5.38. The molecule has 0 spiro atoms. The van der Waals surface area contributed by atoms with Crippen molar-refractivity contribution in [3.63, 3.8) is 0 Å². The van der Waals surface area contributed by atoms with Gasteiger partial charge in [-0.15, -0.1) is 0 Å². The van der Waals surface area contributed by atoms with Crippen LogP contribution in [0.1, 0.15) is 25.7 Å². The van der Waals surface area contributed by atoms with Crippen LogP contribution in [0.4, 0.5) is 0 Å². The minimum Gasteiger partial charge on any atom is -0.309 e. The molecule has 0 aromatic rings. The molecule has 17 heavy (non-hydrogen) atoms. The molecule has 0 amide bonds. The van der Waals surface area contributed by atoms with Gasteiger partial charge >= 0.3 is 0 Å². The third-order valence-corrected chi connectivity index (χ3v) is 3.92. The summed E-state index contributed by atoms with van der Waals surface area (Å²) in [5.74, 6) is 0. The van der Waals surface area contributed by atoms with E-state index in [1.807, 2.05) is 7.05 Å². The molecule has 1 saturated carbocycles. The highest BCUT2D eigenvalue weighted by molar-refractivity contribution is 5.12. The van der Waals surface area contributed by atoms with Gasteiger partial charge in [-0.3, -0.25) is 0 Å². The van der Waals surface area contributed by atoms with E-state index in [4.69, 9.17) is 0 Å². The Balaban J connectivity index is 2.35. The van der Waals surface area contributed by atoms with Crippen molar-refractivity contribution in [3.05, 3.63) is 0 Å². The number of rotatable bonds is 6. The molecule has 0 aliphatic heterocycles. The smallest absolute Gasteiger partial charge is 0.108 e. The van der Waals surface area contributed by atoms with E-state index < -0.39 is 0 Å². The Morgan fingerprint density at radius 3 is 2.53 bits per heavy atom. The van der Waals surface area contributed by atoms with Crippen molar-refractivity contribution in [1.82, 2.24) is 15.1 Å². The van der Waals surface area contributed by atoms with Gasteiger partial charge in [0.05, 0.1) is 6.07 Å². The zero-order valence-electron chi connectivity index (χ0n) is 11.7. The lowest BCUT2D eigenvalue weighted by molar-refractivity contribution is 0.225. The van der Waals surface area contributed by atoms with E-state index >= 15 is 0 Å². The summed E-state index contributed by atoms with van der Waals surface area (Å²) < 4.78 is 0. The molecule has 4 heteroatoms. The lowest BCUT2D eigenvalue weighted by atomic mass is 10.00. The normalized spacial score (nSPS) is 28.9. The lowest BCUT2D eigenvalue weighted by Gasteiger charge is -2.26. The summed E-state index contributed by atoms with van der Waals surface area (Å²) >= 11 is 0. The number of hydrogen-bond donors (Lipinski definition) is 1. The Bertz CT molecular complexity index is 271. The van der Waals surface area contributed by atoms with Crippen molar-refractivity contribution in [3.8, 4) is 6.07 Å². The molecule has 4 nitrogen and oxygen atoms in total. The van der Waals surface area contributed by atoms with Crippen molar-refractivity contribution in [1.29, 1.82) is 5.26 Å². The predicted molar refractivity (Wildman–Crippen MR) is 70.8 cm³/mol. The van der Waals surface area contributed by atoms with Crippen molar-refractivity contribution < 1.29 is 0 Å². The van der Waals surface area contributed by atoms with Crippen LogP contribution < -0.4 is 5.32 Å². The molecule has 1 aliphatic carbocycles. The second kappa shape index (κ2) is 6.34. The molecule has 0 aromatic carbocycles. The van der Waals surface area contributed by atoms with Crippen LogP contribution in [0.5, 0.6) is 0 Å². The van der Waals surface area contributed by atoms with Crippen LogP contribution in [0.15, 0.2) is 0 Å². The molecule has 98 valence electrons.